The molecule has 0 bridgehead atoms. The lowest BCUT2D eigenvalue weighted by Crippen LogP contribution is -2.25. The SMILES string of the molecule is O=C(NCCC[SH2+])OCc1ccncc1. The zero-order chi connectivity index (χ0) is 10.9. The highest BCUT2D eigenvalue weighted by atomic mass is 32.1. The van der Waals surface area contributed by atoms with Crippen molar-refractivity contribution in [2.75, 3.05) is 12.3 Å². The van der Waals surface area contributed by atoms with Crippen molar-refractivity contribution in [2.24, 2.45) is 0 Å². The minimum atomic E-state index is -0.382. The van der Waals surface area contributed by atoms with Gasteiger partial charge in [0.25, 0.3) is 0 Å². The molecule has 0 aliphatic carbocycles. The summed E-state index contributed by atoms with van der Waals surface area (Å²) in [6.07, 6.45) is 3.84. The molecule has 1 aromatic rings. The Labute approximate surface area is 94.5 Å². The van der Waals surface area contributed by atoms with E-state index in [9.17, 15) is 4.79 Å². The molecule has 0 atom stereocenters. The molecule has 82 valence electrons. The van der Waals surface area contributed by atoms with E-state index < -0.39 is 0 Å². The van der Waals surface area contributed by atoms with Crippen molar-refractivity contribution in [1.29, 1.82) is 0 Å². The van der Waals surface area contributed by atoms with E-state index in [1.807, 2.05) is 12.1 Å². The predicted molar refractivity (Wildman–Crippen MR) is 62.1 cm³/mol. The van der Waals surface area contributed by atoms with Crippen LogP contribution in [-0.4, -0.2) is 23.4 Å². The lowest BCUT2D eigenvalue weighted by molar-refractivity contribution is 0.139. The van der Waals surface area contributed by atoms with E-state index in [4.69, 9.17) is 4.74 Å². The van der Waals surface area contributed by atoms with E-state index in [1.54, 1.807) is 12.4 Å². The summed E-state index contributed by atoms with van der Waals surface area (Å²) in [6, 6.07) is 3.62. The number of alkyl carbamates (subject to hydrolysis) is 1. The van der Waals surface area contributed by atoms with Gasteiger partial charge in [0.05, 0.1) is 0 Å². The summed E-state index contributed by atoms with van der Waals surface area (Å²) in [5.74, 6) is 0.866. The summed E-state index contributed by atoms with van der Waals surface area (Å²) < 4.78 is 4.98. The van der Waals surface area contributed by atoms with Gasteiger partial charge in [-0.1, -0.05) is 0 Å². The van der Waals surface area contributed by atoms with Gasteiger partial charge in [0.15, 0.2) is 0 Å². The van der Waals surface area contributed by atoms with E-state index >= 15 is 0 Å². The van der Waals surface area contributed by atoms with Crippen molar-refractivity contribution < 1.29 is 9.53 Å². The van der Waals surface area contributed by atoms with Gasteiger partial charge in [-0.25, -0.2) is 4.79 Å². The number of nitrogens with zero attached hydrogens (tertiary/aromatic N) is 1. The van der Waals surface area contributed by atoms with Crippen LogP contribution in [0.5, 0.6) is 0 Å². The molecule has 0 saturated heterocycles. The Bertz CT molecular complexity index is 293. The summed E-state index contributed by atoms with van der Waals surface area (Å²) in [6.45, 7) is 0.904. The molecule has 0 fully saturated rings. The fraction of sp³-hybridized carbons (Fsp3) is 0.400. The van der Waals surface area contributed by atoms with Gasteiger partial charge in [-0.15, -0.1) is 0 Å². The molecule has 1 heterocycles. The maximum atomic E-state index is 11.1. The first-order chi connectivity index (χ1) is 7.33. The minimum Gasteiger partial charge on any atom is -0.445 e. The molecule has 0 spiro atoms. The number of ether oxygens (including phenoxy) is 1. The number of hydrogen-bond donors (Lipinski definition) is 1. The lowest BCUT2D eigenvalue weighted by atomic mass is 10.3. The van der Waals surface area contributed by atoms with Gasteiger partial charge < -0.3 is 10.1 Å². The molecule has 0 saturated carbocycles. The first kappa shape index (κ1) is 11.8. The molecule has 1 N–H and O–H groups in total. The highest BCUT2D eigenvalue weighted by molar-refractivity contribution is 7.58. The molecule has 0 aromatic carbocycles. The van der Waals surface area contributed by atoms with Gasteiger partial charge in [-0.05, 0) is 30.3 Å². The second-order valence-electron chi connectivity index (χ2n) is 2.96. The average molecular weight is 227 g/mol. The second kappa shape index (κ2) is 7.11. The van der Waals surface area contributed by atoms with Crippen molar-refractivity contribution in [2.45, 2.75) is 13.0 Å². The van der Waals surface area contributed by atoms with Crippen molar-refractivity contribution >= 4 is 18.7 Å². The number of carbonyl (C=O) groups excluding carboxylic acids is 1. The monoisotopic (exact) mass is 227 g/mol. The topological polar surface area (TPSA) is 51.2 Å². The zero-order valence-corrected chi connectivity index (χ0v) is 9.40. The molecule has 1 amide bonds. The Morgan fingerprint density at radius 2 is 2.20 bits per heavy atom. The summed E-state index contributed by atoms with van der Waals surface area (Å²) >= 11 is 3.32. The van der Waals surface area contributed by atoms with E-state index in [-0.39, 0.29) is 12.7 Å². The number of hydrogen-bond acceptors (Lipinski definition) is 3. The molecule has 0 radical (unpaired) electrons. The molecule has 0 aliphatic rings. The van der Waals surface area contributed by atoms with Crippen LogP contribution in [0.4, 0.5) is 4.79 Å². The standard InChI is InChI=1S/C10H14N2O2S/c13-10(12-4-1-7-15)14-8-9-2-5-11-6-3-9/h2-3,5-6,15H,1,4,7-8H2,(H,12,13)/p+1. The fourth-order valence-corrected chi connectivity index (χ4v) is 1.13. The van der Waals surface area contributed by atoms with Gasteiger partial charge >= 0.3 is 6.09 Å². The van der Waals surface area contributed by atoms with Gasteiger partial charge in [0.2, 0.25) is 0 Å². The molecule has 0 aliphatic heterocycles. The van der Waals surface area contributed by atoms with Crippen LogP contribution in [-0.2, 0) is 24.0 Å². The molecule has 5 heteroatoms. The summed E-state index contributed by atoms with van der Waals surface area (Å²) in [5.41, 5.74) is 0.931. The van der Waals surface area contributed by atoms with Crippen molar-refractivity contribution in [3.63, 3.8) is 0 Å². The average Bonchev–Trinajstić information content (AvgIpc) is 2.28. The first-order valence-electron chi connectivity index (χ1n) is 4.77. The van der Waals surface area contributed by atoms with Gasteiger partial charge in [0, 0.05) is 25.4 Å². The summed E-state index contributed by atoms with van der Waals surface area (Å²) in [5, 5.41) is 2.65. The molecule has 1 rings (SSSR count). The van der Waals surface area contributed by atoms with E-state index in [2.05, 4.69) is 22.9 Å². The number of amides is 1. The van der Waals surface area contributed by atoms with Gasteiger partial charge in [-0.2, -0.15) is 0 Å². The Hall–Kier alpha value is -1.23. The molecule has 4 nitrogen and oxygen atoms in total. The maximum absolute atomic E-state index is 11.1. The summed E-state index contributed by atoms with van der Waals surface area (Å²) in [7, 11) is 0. The Morgan fingerprint density at radius 1 is 1.47 bits per heavy atom. The van der Waals surface area contributed by atoms with Crippen LogP contribution in [0, 0.1) is 0 Å². The number of carbonyl (C=O) groups is 1. The van der Waals surface area contributed by atoms with Crippen LogP contribution in [0.25, 0.3) is 0 Å². The highest BCUT2D eigenvalue weighted by Crippen LogP contribution is 1.98. The Balaban J connectivity index is 2.17. The summed E-state index contributed by atoms with van der Waals surface area (Å²) in [4.78, 5) is 15.0. The third kappa shape index (κ3) is 5.27. The number of pyridine rings is 1. The van der Waals surface area contributed by atoms with Crippen LogP contribution in [0.15, 0.2) is 24.5 Å². The maximum Gasteiger partial charge on any atom is 0.407 e. The van der Waals surface area contributed by atoms with Gasteiger partial charge in [-0.3, -0.25) is 4.98 Å². The largest absolute Gasteiger partial charge is 0.445 e. The smallest absolute Gasteiger partial charge is 0.407 e. The molecule has 1 aromatic heterocycles. The van der Waals surface area contributed by atoms with E-state index in [1.165, 1.54) is 0 Å². The quantitative estimate of drug-likeness (QED) is 0.595. The third-order valence-electron chi connectivity index (χ3n) is 1.74. The van der Waals surface area contributed by atoms with Crippen LogP contribution in [0.3, 0.4) is 0 Å². The van der Waals surface area contributed by atoms with Crippen molar-refractivity contribution in [3.05, 3.63) is 30.1 Å². The predicted octanol–water partition coefficient (Wildman–Crippen LogP) is 0.709. The van der Waals surface area contributed by atoms with Crippen LogP contribution in [0.2, 0.25) is 0 Å². The highest BCUT2D eigenvalue weighted by Gasteiger charge is 2.01. The fourth-order valence-electron chi connectivity index (χ4n) is 0.958. The number of nitrogens with one attached hydrogen (secondary N) is 1. The number of aromatic nitrogens is 1. The Kier molecular flexibility index (Phi) is 5.62. The van der Waals surface area contributed by atoms with E-state index in [0.29, 0.717) is 6.54 Å². The number of rotatable bonds is 5. The van der Waals surface area contributed by atoms with Gasteiger partial charge in [0.1, 0.15) is 12.4 Å². The molecule has 0 unspecified atom stereocenters. The van der Waals surface area contributed by atoms with Crippen LogP contribution < -0.4 is 5.32 Å². The minimum absolute atomic E-state index is 0.280. The van der Waals surface area contributed by atoms with Crippen molar-refractivity contribution in [1.82, 2.24) is 10.3 Å². The first-order valence-corrected chi connectivity index (χ1v) is 5.48. The van der Waals surface area contributed by atoms with Crippen molar-refractivity contribution in [3.8, 4) is 0 Å². The van der Waals surface area contributed by atoms with Crippen LogP contribution >= 0.6 is 0 Å². The molecular weight excluding hydrogens is 212 g/mol. The molecule has 15 heavy (non-hydrogen) atoms. The normalized spacial score (nSPS) is 9.67. The third-order valence-corrected chi connectivity index (χ3v) is 2.10. The second-order valence-corrected chi connectivity index (χ2v) is 3.46. The lowest BCUT2D eigenvalue weighted by Gasteiger charge is -2.05. The molecular formula is C10H15N2O2S+. The Morgan fingerprint density at radius 3 is 2.87 bits per heavy atom. The zero-order valence-electron chi connectivity index (χ0n) is 8.40. The van der Waals surface area contributed by atoms with E-state index in [0.717, 1.165) is 17.7 Å². The van der Waals surface area contributed by atoms with Crippen LogP contribution in [0.1, 0.15) is 12.0 Å².